The van der Waals surface area contributed by atoms with E-state index in [0.29, 0.717) is 11.5 Å². The van der Waals surface area contributed by atoms with E-state index in [-0.39, 0.29) is 23.8 Å². The number of benzene rings is 3. The molecule has 2 unspecified atom stereocenters. The average Bonchev–Trinajstić information content (AvgIpc) is 3.81. The molecular formula is C40H46N4O4. The number of aromatic amines is 2. The van der Waals surface area contributed by atoms with Crippen molar-refractivity contribution in [2.45, 2.75) is 79.1 Å². The molecule has 0 amide bonds. The maximum atomic E-state index is 12.6. The van der Waals surface area contributed by atoms with E-state index < -0.39 is 0 Å². The minimum atomic E-state index is -0.162. The van der Waals surface area contributed by atoms with Gasteiger partial charge in [0.1, 0.15) is 11.5 Å². The third-order valence-corrected chi connectivity index (χ3v) is 8.84. The van der Waals surface area contributed by atoms with Gasteiger partial charge in [0.15, 0.2) is 0 Å². The van der Waals surface area contributed by atoms with Crippen LogP contribution in [0.2, 0.25) is 0 Å². The van der Waals surface area contributed by atoms with Crippen LogP contribution in [-0.4, -0.2) is 32.3 Å². The molecule has 2 N–H and O–H groups in total. The first-order chi connectivity index (χ1) is 23.4. The van der Waals surface area contributed by atoms with E-state index in [1.807, 2.05) is 92.7 Å². The lowest BCUT2D eigenvalue weighted by Crippen LogP contribution is -2.19. The molecule has 8 heteroatoms. The second-order valence-electron chi connectivity index (χ2n) is 12.3. The second-order valence-corrected chi connectivity index (χ2v) is 12.3. The van der Waals surface area contributed by atoms with Crippen LogP contribution >= 0.6 is 0 Å². The van der Waals surface area contributed by atoms with Crippen LogP contribution in [0.3, 0.4) is 0 Å². The molecule has 0 spiro atoms. The first kappa shape index (κ1) is 34.4. The highest BCUT2D eigenvalue weighted by atomic mass is 16.5. The molecule has 5 aromatic rings. The van der Waals surface area contributed by atoms with Gasteiger partial charge < -0.3 is 9.47 Å². The van der Waals surface area contributed by atoms with Gasteiger partial charge in [0.2, 0.25) is 0 Å². The number of carbonyl (C=O) groups is 2. The number of nitrogens with one attached hydrogen (secondary N) is 2. The van der Waals surface area contributed by atoms with Crippen LogP contribution < -0.4 is 9.47 Å². The van der Waals surface area contributed by atoms with E-state index in [4.69, 9.17) is 9.47 Å². The fourth-order valence-corrected chi connectivity index (χ4v) is 5.76. The zero-order valence-electron chi connectivity index (χ0n) is 28.4. The molecule has 250 valence electrons. The van der Waals surface area contributed by atoms with E-state index in [9.17, 15) is 9.59 Å². The molecule has 5 rings (SSSR count). The quantitative estimate of drug-likeness (QED) is 0.0815. The van der Waals surface area contributed by atoms with Crippen LogP contribution in [0.1, 0.15) is 79.1 Å². The number of aromatic nitrogens is 4. The number of hydrogen-bond acceptors (Lipinski definition) is 6. The van der Waals surface area contributed by atoms with Crippen molar-refractivity contribution >= 4 is 11.9 Å². The molecule has 2 atom stereocenters. The summed E-state index contributed by atoms with van der Waals surface area (Å²) in [6.45, 7) is 8.32. The van der Waals surface area contributed by atoms with E-state index in [0.717, 1.165) is 96.4 Å². The lowest BCUT2D eigenvalue weighted by atomic mass is 10.00. The van der Waals surface area contributed by atoms with Crippen molar-refractivity contribution in [1.29, 1.82) is 0 Å². The van der Waals surface area contributed by atoms with Crippen molar-refractivity contribution < 1.29 is 19.1 Å². The van der Waals surface area contributed by atoms with E-state index in [2.05, 4.69) is 40.3 Å². The van der Waals surface area contributed by atoms with Gasteiger partial charge in [0.05, 0.1) is 34.6 Å². The van der Waals surface area contributed by atoms with Crippen LogP contribution in [0.15, 0.2) is 84.9 Å². The zero-order valence-corrected chi connectivity index (χ0v) is 28.4. The maximum Gasteiger partial charge on any atom is 0.314 e. The van der Waals surface area contributed by atoms with Gasteiger partial charge in [0.25, 0.3) is 0 Å². The molecule has 0 aliphatic rings. The van der Waals surface area contributed by atoms with E-state index in [1.54, 1.807) is 0 Å². The van der Waals surface area contributed by atoms with E-state index in [1.165, 1.54) is 0 Å². The maximum absolute atomic E-state index is 12.6. The molecule has 0 saturated carbocycles. The van der Waals surface area contributed by atoms with Gasteiger partial charge in [0, 0.05) is 11.1 Å². The molecule has 0 aliphatic heterocycles. The summed E-state index contributed by atoms with van der Waals surface area (Å²) in [7, 11) is 0. The second kappa shape index (κ2) is 16.7. The predicted octanol–water partition coefficient (Wildman–Crippen LogP) is 10.0. The lowest BCUT2D eigenvalue weighted by Gasteiger charge is -2.13. The Balaban J connectivity index is 1.23. The fourth-order valence-electron chi connectivity index (χ4n) is 5.76. The minimum Gasteiger partial charge on any atom is -0.426 e. The first-order valence-corrected chi connectivity index (χ1v) is 17.3. The summed E-state index contributed by atoms with van der Waals surface area (Å²) < 4.78 is 11.3. The van der Waals surface area contributed by atoms with Gasteiger partial charge in [-0.25, -0.2) is 0 Å². The standard InChI is InChI=1S/C40H46N4O4/c1-5-9-12-27(7-3)39(45)47-33-20-16-29(17-21-33)35-25-37(43-41-35)31-14-11-15-32(24-31)38-26-36(42-44-38)30-18-22-34(23-19-30)48-40(46)28(8-4)13-10-6-2/h11,14-28H,5-10,12-13H2,1-4H3,(H,41,43)(H,42,44). The van der Waals surface area contributed by atoms with Crippen LogP contribution in [0.25, 0.3) is 45.0 Å². The monoisotopic (exact) mass is 646 g/mol. The number of hydrogen-bond donors (Lipinski definition) is 2. The van der Waals surface area contributed by atoms with Crippen LogP contribution in [0.4, 0.5) is 0 Å². The first-order valence-electron chi connectivity index (χ1n) is 17.3. The van der Waals surface area contributed by atoms with E-state index >= 15 is 0 Å². The molecule has 0 aliphatic carbocycles. The van der Waals surface area contributed by atoms with Gasteiger partial charge in [-0.3, -0.25) is 19.8 Å². The number of ether oxygens (including phenoxy) is 2. The Morgan fingerprint density at radius 2 is 1.00 bits per heavy atom. The molecule has 48 heavy (non-hydrogen) atoms. The van der Waals surface area contributed by atoms with Gasteiger partial charge in [-0.2, -0.15) is 10.2 Å². The lowest BCUT2D eigenvalue weighted by molar-refractivity contribution is -0.140. The summed E-state index contributed by atoms with van der Waals surface area (Å²) >= 11 is 0. The summed E-state index contributed by atoms with van der Waals surface area (Å²) in [5.41, 5.74) is 7.16. The van der Waals surface area contributed by atoms with Gasteiger partial charge in [-0.1, -0.05) is 71.6 Å². The van der Waals surface area contributed by atoms with Crippen molar-refractivity contribution in [3.63, 3.8) is 0 Å². The Morgan fingerprint density at radius 3 is 1.38 bits per heavy atom. The summed E-state index contributed by atoms with van der Waals surface area (Å²) in [5, 5.41) is 15.4. The van der Waals surface area contributed by atoms with Crippen molar-refractivity contribution in [3.05, 3.63) is 84.9 Å². The predicted molar refractivity (Wildman–Crippen MR) is 190 cm³/mol. The highest BCUT2D eigenvalue weighted by molar-refractivity contribution is 5.77. The van der Waals surface area contributed by atoms with Gasteiger partial charge in [-0.15, -0.1) is 0 Å². The molecular weight excluding hydrogens is 600 g/mol. The summed E-state index contributed by atoms with van der Waals surface area (Å²) in [4.78, 5) is 25.2. The number of nitrogens with zero attached hydrogens (tertiary/aromatic N) is 2. The van der Waals surface area contributed by atoms with Crippen molar-refractivity contribution in [2.75, 3.05) is 0 Å². The Morgan fingerprint density at radius 1 is 0.583 bits per heavy atom. The number of unbranched alkanes of at least 4 members (excludes halogenated alkanes) is 2. The number of H-pyrrole nitrogens is 2. The Kier molecular flexibility index (Phi) is 12.0. The molecule has 8 nitrogen and oxygen atoms in total. The van der Waals surface area contributed by atoms with Crippen LogP contribution in [0.5, 0.6) is 11.5 Å². The minimum absolute atomic E-state index is 0.0677. The van der Waals surface area contributed by atoms with Crippen molar-refractivity contribution in [2.24, 2.45) is 11.8 Å². The largest absolute Gasteiger partial charge is 0.426 e. The Labute approximate surface area is 283 Å². The highest BCUT2D eigenvalue weighted by Gasteiger charge is 2.19. The summed E-state index contributed by atoms with van der Waals surface area (Å²) in [6, 6.07) is 27.1. The van der Waals surface area contributed by atoms with Crippen LogP contribution in [0, 0.1) is 11.8 Å². The van der Waals surface area contributed by atoms with Crippen LogP contribution in [-0.2, 0) is 9.59 Å². The Hall–Kier alpha value is -4.98. The summed E-state index contributed by atoms with van der Waals surface area (Å²) in [5.74, 6) is 0.637. The normalized spacial score (nSPS) is 12.4. The number of rotatable bonds is 16. The molecule has 2 heterocycles. The Bertz CT molecular complexity index is 1640. The molecule has 3 aromatic carbocycles. The SMILES string of the molecule is CCCCC(CC)C(=O)Oc1ccc(-c2cc(-c3cccc(-c4cc(-c5ccc(OC(=O)C(CC)CCCC)cc5)[nH]n4)c3)n[nH]2)cc1. The molecule has 0 bridgehead atoms. The zero-order chi connectivity index (χ0) is 33.9. The number of carbonyl (C=O) groups excluding carboxylic acids is 2. The third kappa shape index (κ3) is 8.68. The van der Waals surface area contributed by atoms with Gasteiger partial charge in [-0.05, 0) is 104 Å². The van der Waals surface area contributed by atoms with Crippen molar-refractivity contribution in [3.8, 4) is 56.5 Å². The smallest absolute Gasteiger partial charge is 0.314 e. The average molecular weight is 647 g/mol. The third-order valence-electron chi connectivity index (χ3n) is 8.84. The fraction of sp³-hybridized carbons (Fsp3) is 0.350. The topological polar surface area (TPSA) is 110 Å². The van der Waals surface area contributed by atoms with Gasteiger partial charge >= 0.3 is 11.9 Å². The number of esters is 2. The molecule has 0 radical (unpaired) electrons. The highest BCUT2D eigenvalue weighted by Crippen LogP contribution is 2.31. The molecule has 0 fully saturated rings. The summed E-state index contributed by atoms with van der Waals surface area (Å²) in [6.07, 6.45) is 7.45. The van der Waals surface area contributed by atoms with Crippen molar-refractivity contribution in [1.82, 2.24) is 20.4 Å². The molecule has 0 saturated heterocycles. The molecule has 2 aromatic heterocycles.